The van der Waals surface area contributed by atoms with Crippen molar-refractivity contribution >= 4 is 16.7 Å². The van der Waals surface area contributed by atoms with Crippen LogP contribution in [0, 0.1) is 17.8 Å². The van der Waals surface area contributed by atoms with E-state index in [2.05, 4.69) is 42.5 Å². The normalized spacial score (nSPS) is 29.9. The number of fused-ring (bicyclic) bond motifs is 3. The lowest BCUT2D eigenvalue weighted by molar-refractivity contribution is -0.135. The van der Waals surface area contributed by atoms with Crippen LogP contribution in [0.2, 0.25) is 0 Å². The van der Waals surface area contributed by atoms with Crippen molar-refractivity contribution < 1.29 is 4.79 Å². The molecule has 22 heavy (non-hydrogen) atoms. The third-order valence-electron chi connectivity index (χ3n) is 5.80. The van der Waals surface area contributed by atoms with Crippen molar-refractivity contribution in [3.63, 3.8) is 0 Å². The first-order chi connectivity index (χ1) is 10.6. The summed E-state index contributed by atoms with van der Waals surface area (Å²) in [5.74, 6) is 2.22. The highest BCUT2D eigenvalue weighted by atomic mass is 16.2. The van der Waals surface area contributed by atoms with Crippen molar-refractivity contribution in [2.45, 2.75) is 25.2 Å². The van der Waals surface area contributed by atoms with Gasteiger partial charge in [0.25, 0.3) is 0 Å². The van der Waals surface area contributed by atoms with E-state index in [0.717, 1.165) is 0 Å². The third-order valence-corrected chi connectivity index (χ3v) is 5.80. The van der Waals surface area contributed by atoms with Crippen molar-refractivity contribution in [3.8, 4) is 0 Å². The average molecular weight is 293 g/mol. The fourth-order valence-corrected chi connectivity index (χ4v) is 4.84. The third kappa shape index (κ3) is 2.05. The van der Waals surface area contributed by atoms with E-state index < -0.39 is 0 Å². The van der Waals surface area contributed by atoms with Crippen LogP contribution in [0.5, 0.6) is 0 Å². The molecule has 2 heteroatoms. The largest absolute Gasteiger partial charge is 0.349 e. The van der Waals surface area contributed by atoms with Crippen LogP contribution in [0.4, 0.5) is 0 Å². The van der Waals surface area contributed by atoms with Crippen LogP contribution in [-0.2, 0) is 4.79 Å². The van der Waals surface area contributed by atoms with Crippen LogP contribution >= 0.6 is 0 Å². The van der Waals surface area contributed by atoms with Gasteiger partial charge in [0.05, 0.1) is 0 Å². The molecule has 4 rings (SSSR count). The predicted octanol–water partition coefficient (Wildman–Crippen LogP) is 4.06. The molecule has 2 fully saturated rings. The van der Waals surface area contributed by atoms with Crippen LogP contribution in [0.15, 0.2) is 42.5 Å². The van der Waals surface area contributed by atoms with Gasteiger partial charge in [-0.05, 0) is 53.4 Å². The number of rotatable bonds is 2. The molecular formula is C20H23NO. The molecule has 2 aromatic rings. The minimum absolute atomic E-state index is 0.190. The summed E-state index contributed by atoms with van der Waals surface area (Å²) in [5.41, 5.74) is 1.37. The zero-order valence-electron chi connectivity index (χ0n) is 13.3. The molecule has 1 amide bonds. The van der Waals surface area contributed by atoms with Crippen molar-refractivity contribution in [2.24, 2.45) is 17.8 Å². The second kappa shape index (κ2) is 5.12. The number of carbonyl (C=O) groups excluding carboxylic acids is 1. The molecule has 0 heterocycles. The lowest BCUT2D eigenvalue weighted by Gasteiger charge is -2.32. The number of hydrogen-bond acceptors (Lipinski definition) is 1. The monoisotopic (exact) mass is 293 g/mol. The van der Waals surface area contributed by atoms with Crippen molar-refractivity contribution in [2.75, 3.05) is 14.1 Å². The summed E-state index contributed by atoms with van der Waals surface area (Å²) in [6.45, 7) is 0. The maximum absolute atomic E-state index is 12.7. The standard InChI is InChI=1S/C20H23NO/c1-21(2)20(22)19-17-10-9-16(12-17)18(19)15-8-7-13-5-3-4-6-14(13)11-15/h3-8,11,16-19H,9-10,12H2,1-2H3. The first-order valence-electron chi connectivity index (χ1n) is 8.35. The molecule has 2 nitrogen and oxygen atoms in total. The number of amides is 1. The molecule has 0 saturated heterocycles. The summed E-state index contributed by atoms with van der Waals surface area (Å²) in [5, 5.41) is 2.57. The Bertz CT molecular complexity index is 720. The Morgan fingerprint density at radius 1 is 1.00 bits per heavy atom. The first kappa shape index (κ1) is 13.8. The van der Waals surface area contributed by atoms with Crippen LogP contribution < -0.4 is 0 Å². The zero-order valence-corrected chi connectivity index (χ0v) is 13.3. The van der Waals surface area contributed by atoms with Crippen LogP contribution in [0.3, 0.4) is 0 Å². The average Bonchev–Trinajstić information content (AvgIpc) is 3.14. The minimum Gasteiger partial charge on any atom is -0.349 e. The van der Waals surface area contributed by atoms with Gasteiger partial charge in [0.15, 0.2) is 0 Å². The molecule has 0 N–H and O–H groups in total. The SMILES string of the molecule is CN(C)C(=O)C1C2CCC(C2)C1c1ccc2ccccc2c1. The molecule has 0 aromatic heterocycles. The number of carbonyl (C=O) groups is 1. The van der Waals surface area contributed by atoms with Gasteiger partial charge in [-0.2, -0.15) is 0 Å². The second-order valence-corrected chi connectivity index (χ2v) is 7.22. The Morgan fingerprint density at radius 2 is 1.73 bits per heavy atom. The maximum Gasteiger partial charge on any atom is 0.226 e. The second-order valence-electron chi connectivity index (χ2n) is 7.22. The van der Waals surface area contributed by atoms with Gasteiger partial charge >= 0.3 is 0 Å². The Kier molecular flexibility index (Phi) is 3.21. The molecule has 2 aliphatic rings. The lowest BCUT2D eigenvalue weighted by atomic mass is 9.74. The summed E-state index contributed by atoms with van der Waals surface area (Å²) in [7, 11) is 3.79. The fourth-order valence-electron chi connectivity index (χ4n) is 4.84. The van der Waals surface area contributed by atoms with Gasteiger partial charge in [-0.15, -0.1) is 0 Å². The van der Waals surface area contributed by atoms with Crippen molar-refractivity contribution in [1.82, 2.24) is 4.90 Å². The Hall–Kier alpha value is -1.83. The zero-order chi connectivity index (χ0) is 15.3. The highest BCUT2D eigenvalue weighted by molar-refractivity contribution is 5.84. The smallest absolute Gasteiger partial charge is 0.226 e. The van der Waals surface area contributed by atoms with E-state index in [1.54, 1.807) is 4.90 Å². The van der Waals surface area contributed by atoms with Gasteiger partial charge in [-0.25, -0.2) is 0 Å². The van der Waals surface area contributed by atoms with Gasteiger partial charge in [-0.1, -0.05) is 42.5 Å². The quantitative estimate of drug-likeness (QED) is 0.817. The molecule has 0 aliphatic heterocycles. The van der Waals surface area contributed by atoms with E-state index in [-0.39, 0.29) is 5.92 Å². The number of nitrogens with zero attached hydrogens (tertiary/aromatic N) is 1. The minimum atomic E-state index is 0.190. The van der Waals surface area contributed by atoms with Gasteiger partial charge in [0.2, 0.25) is 5.91 Å². The van der Waals surface area contributed by atoms with Crippen molar-refractivity contribution in [3.05, 3.63) is 48.0 Å². The first-order valence-corrected chi connectivity index (χ1v) is 8.35. The number of benzene rings is 2. The molecule has 2 saturated carbocycles. The molecule has 4 atom stereocenters. The predicted molar refractivity (Wildman–Crippen MR) is 89.7 cm³/mol. The molecule has 0 radical (unpaired) electrons. The number of hydrogen-bond donors (Lipinski definition) is 0. The van der Waals surface area contributed by atoms with E-state index in [4.69, 9.17) is 0 Å². The Morgan fingerprint density at radius 3 is 2.50 bits per heavy atom. The summed E-state index contributed by atoms with van der Waals surface area (Å²) < 4.78 is 0. The van der Waals surface area contributed by atoms with Gasteiger partial charge < -0.3 is 4.90 Å². The van der Waals surface area contributed by atoms with Gasteiger partial charge in [0.1, 0.15) is 0 Å². The Balaban J connectivity index is 1.76. The molecule has 2 aliphatic carbocycles. The van der Waals surface area contributed by atoms with E-state index in [9.17, 15) is 4.79 Å². The van der Waals surface area contributed by atoms with Crippen LogP contribution in [0.1, 0.15) is 30.7 Å². The van der Waals surface area contributed by atoms with Gasteiger partial charge in [0, 0.05) is 20.0 Å². The van der Waals surface area contributed by atoms with Crippen molar-refractivity contribution in [1.29, 1.82) is 0 Å². The molecular weight excluding hydrogens is 270 g/mol. The molecule has 2 bridgehead atoms. The lowest BCUT2D eigenvalue weighted by Crippen LogP contribution is -2.36. The summed E-state index contributed by atoms with van der Waals surface area (Å²) in [4.78, 5) is 14.5. The van der Waals surface area contributed by atoms with E-state index >= 15 is 0 Å². The molecule has 4 unspecified atom stereocenters. The fraction of sp³-hybridized carbons (Fsp3) is 0.450. The van der Waals surface area contributed by atoms with Gasteiger partial charge in [-0.3, -0.25) is 4.79 Å². The highest BCUT2D eigenvalue weighted by Gasteiger charge is 2.51. The summed E-state index contributed by atoms with van der Waals surface area (Å²) in [6, 6.07) is 15.3. The molecule has 2 aromatic carbocycles. The summed E-state index contributed by atoms with van der Waals surface area (Å²) >= 11 is 0. The van der Waals surface area contributed by atoms with E-state index in [0.29, 0.717) is 23.7 Å². The van der Waals surface area contributed by atoms with Crippen LogP contribution in [0.25, 0.3) is 10.8 Å². The van der Waals surface area contributed by atoms with E-state index in [1.165, 1.54) is 35.6 Å². The highest BCUT2D eigenvalue weighted by Crippen LogP contribution is 2.57. The topological polar surface area (TPSA) is 20.3 Å². The van der Waals surface area contributed by atoms with E-state index in [1.807, 2.05) is 14.1 Å². The summed E-state index contributed by atoms with van der Waals surface area (Å²) in [6.07, 6.45) is 3.76. The van der Waals surface area contributed by atoms with Crippen LogP contribution in [-0.4, -0.2) is 24.9 Å². The maximum atomic E-state index is 12.7. The molecule has 114 valence electrons. The Labute approximate surface area is 132 Å². The molecule has 0 spiro atoms.